The third kappa shape index (κ3) is 3.47. The summed E-state index contributed by atoms with van der Waals surface area (Å²) in [6.45, 7) is 0. The number of nitriles is 1. The molecule has 2 aromatic rings. The van der Waals surface area contributed by atoms with Crippen molar-refractivity contribution in [2.45, 2.75) is 10.6 Å². The lowest BCUT2D eigenvalue weighted by molar-refractivity contribution is 0.413. The Morgan fingerprint density at radius 1 is 1.25 bits per heavy atom. The average Bonchev–Trinajstić information content (AvgIpc) is 2.47. The van der Waals surface area contributed by atoms with Crippen molar-refractivity contribution >= 4 is 26.7 Å². The first-order valence-electron chi connectivity index (χ1n) is 5.85. The maximum atomic E-state index is 12.3. The first kappa shape index (κ1) is 14.8. The number of methoxy groups -OCH3 is 1. The SMILES string of the molecule is COc1ccc(CS(=O)c2ccc(Br)cc2)cc1C#N. The molecule has 20 heavy (non-hydrogen) atoms. The fourth-order valence-corrected chi connectivity index (χ4v) is 3.11. The topological polar surface area (TPSA) is 50.1 Å². The Morgan fingerprint density at radius 3 is 2.55 bits per heavy atom. The highest BCUT2D eigenvalue weighted by Gasteiger charge is 2.08. The maximum Gasteiger partial charge on any atom is 0.136 e. The Hall–Kier alpha value is -1.64. The summed E-state index contributed by atoms with van der Waals surface area (Å²) in [6, 6.07) is 14.7. The Balaban J connectivity index is 2.20. The van der Waals surface area contributed by atoms with Gasteiger partial charge in [-0.3, -0.25) is 4.21 Å². The van der Waals surface area contributed by atoms with Crippen molar-refractivity contribution in [3.8, 4) is 11.8 Å². The summed E-state index contributed by atoms with van der Waals surface area (Å²) < 4.78 is 18.3. The van der Waals surface area contributed by atoms with Gasteiger partial charge in [0.15, 0.2) is 0 Å². The third-order valence-electron chi connectivity index (χ3n) is 2.76. The second-order valence-corrected chi connectivity index (χ2v) is 6.46. The number of rotatable bonds is 4. The molecular formula is C15H12BrNO2S. The van der Waals surface area contributed by atoms with Crippen LogP contribution in [0, 0.1) is 11.3 Å². The van der Waals surface area contributed by atoms with Gasteiger partial charge in [-0.25, -0.2) is 0 Å². The van der Waals surface area contributed by atoms with E-state index in [0.717, 1.165) is 14.9 Å². The molecule has 0 saturated carbocycles. The molecule has 0 aliphatic rings. The number of halogens is 1. The van der Waals surface area contributed by atoms with Gasteiger partial charge in [-0.1, -0.05) is 22.0 Å². The molecule has 2 aromatic carbocycles. The zero-order chi connectivity index (χ0) is 14.5. The fourth-order valence-electron chi connectivity index (χ4n) is 1.75. The Kier molecular flexibility index (Phi) is 4.94. The average molecular weight is 350 g/mol. The Bertz CT molecular complexity index is 677. The van der Waals surface area contributed by atoms with Gasteiger partial charge < -0.3 is 4.74 Å². The van der Waals surface area contributed by atoms with E-state index in [2.05, 4.69) is 22.0 Å². The minimum Gasteiger partial charge on any atom is -0.495 e. The lowest BCUT2D eigenvalue weighted by Gasteiger charge is -2.06. The molecular weight excluding hydrogens is 338 g/mol. The van der Waals surface area contributed by atoms with Crippen molar-refractivity contribution in [3.05, 3.63) is 58.1 Å². The number of benzene rings is 2. The van der Waals surface area contributed by atoms with Gasteiger partial charge in [0.2, 0.25) is 0 Å². The molecule has 0 heterocycles. The van der Waals surface area contributed by atoms with E-state index in [1.807, 2.05) is 30.3 Å². The summed E-state index contributed by atoms with van der Waals surface area (Å²) in [6.07, 6.45) is 0. The molecule has 0 radical (unpaired) electrons. The first-order chi connectivity index (χ1) is 9.63. The summed E-state index contributed by atoms with van der Waals surface area (Å²) in [4.78, 5) is 0.766. The third-order valence-corrected chi connectivity index (χ3v) is 4.68. The smallest absolute Gasteiger partial charge is 0.136 e. The van der Waals surface area contributed by atoms with E-state index in [1.165, 1.54) is 7.11 Å². The predicted octanol–water partition coefficient (Wildman–Crippen LogP) is 3.64. The van der Waals surface area contributed by atoms with E-state index >= 15 is 0 Å². The van der Waals surface area contributed by atoms with Crippen molar-refractivity contribution in [2.75, 3.05) is 7.11 Å². The van der Waals surface area contributed by atoms with Gasteiger partial charge in [0.25, 0.3) is 0 Å². The van der Waals surface area contributed by atoms with E-state index in [-0.39, 0.29) is 0 Å². The lowest BCUT2D eigenvalue weighted by Crippen LogP contribution is -1.98. The van der Waals surface area contributed by atoms with Gasteiger partial charge in [-0.15, -0.1) is 0 Å². The van der Waals surface area contributed by atoms with E-state index in [1.54, 1.807) is 12.1 Å². The van der Waals surface area contributed by atoms with Crippen molar-refractivity contribution in [1.29, 1.82) is 5.26 Å². The van der Waals surface area contributed by atoms with Crippen LogP contribution in [0.25, 0.3) is 0 Å². The zero-order valence-electron chi connectivity index (χ0n) is 10.8. The molecule has 0 fully saturated rings. The summed E-state index contributed by atoms with van der Waals surface area (Å²) in [5.41, 5.74) is 1.31. The molecule has 1 unspecified atom stereocenters. The monoisotopic (exact) mass is 349 g/mol. The highest BCUT2D eigenvalue weighted by atomic mass is 79.9. The molecule has 0 saturated heterocycles. The van der Waals surface area contributed by atoms with E-state index < -0.39 is 10.8 Å². The molecule has 0 bridgehead atoms. The van der Waals surface area contributed by atoms with Crippen LogP contribution in [0.5, 0.6) is 5.75 Å². The number of nitrogens with zero attached hydrogens (tertiary/aromatic N) is 1. The first-order valence-corrected chi connectivity index (χ1v) is 7.96. The van der Waals surface area contributed by atoms with Gasteiger partial charge in [-0.05, 0) is 42.0 Å². The Morgan fingerprint density at radius 2 is 1.95 bits per heavy atom. The van der Waals surface area contributed by atoms with Crippen molar-refractivity contribution in [1.82, 2.24) is 0 Å². The summed E-state index contributed by atoms with van der Waals surface area (Å²) in [7, 11) is 0.391. The van der Waals surface area contributed by atoms with Gasteiger partial charge >= 0.3 is 0 Å². The van der Waals surface area contributed by atoms with Crippen molar-refractivity contribution < 1.29 is 8.95 Å². The van der Waals surface area contributed by atoms with Crippen LogP contribution < -0.4 is 4.74 Å². The van der Waals surface area contributed by atoms with Gasteiger partial charge in [0, 0.05) is 9.37 Å². The summed E-state index contributed by atoms with van der Waals surface area (Å²) in [5, 5.41) is 9.04. The zero-order valence-corrected chi connectivity index (χ0v) is 13.2. The standard InChI is InChI=1S/C15H12BrNO2S/c1-19-15-7-2-11(8-12(15)9-17)10-20(18)14-5-3-13(16)4-6-14/h2-8H,10H2,1H3. The molecule has 102 valence electrons. The van der Waals surface area contributed by atoms with Crippen LogP contribution in [0.3, 0.4) is 0 Å². The van der Waals surface area contributed by atoms with Crippen LogP contribution in [0.2, 0.25) is 0 Å². The van der Waals surface area contributed by atoms with Crippen LogP contribution in [-0.2, 0) is 16.6 Å². The molecule has 3 nitrogen and oxygen atoms in total. The van der Waals surface area contributed by atoms with Crippen molar-refractivity contribution in [3.63, 3.8) is 0 Å². The highest BCUT2D eigenvalue weighted by molar-refractivity contribution is 9.10. The molecule has 0 aromatic heterocycles. The van der Waals surface area contributed by atoms with Crippen LogP contribution in [0.1, 0.15) is 11.1 Å². The molecule has 0 aliphatic heterocycles. The van der Waals surface area contributed by atoms with Gasteiger partial charge in [-0.2, -0.15) is 5.26 Å². The molecule has 5 heteroatoms. The Labute approximate surface area is 128 Å². The molecule has 1 atom stereocenters. The highest BCUT2D eigenvalue weighted by Crippen LogP contribution is 2.21. The van der Waals surface area contributed by atoms with Crippen LogP contribution in [0.4, 0.5) is 0 Å². The van der Waals surface area contributed by atoms with Crippen molar-refractivity contribution in [2.24, 2.45) is 0 Å². The molecule has 0 N–H and O–H groups in total. The number of hydrogen-bond acceptors (Lipinski definition) is 3. The van der Waals surface area contributed by atoms with E-state index in [0.29, 0.717) is 17.1 Å². The molecule has 2 rings (SSSR count). The second-order valence-electron chi connectivity index (χ2n) is 4.09. The van der Waals surface area contributed by atoms with Gasteiger partial charge in [0.1, 0.15) is 11.8 Å². The van der Waals surface area contributed by atoms with Gasteiger partial charge in [0.05, 0.1) is 29.2 Å². The number of hydrogen-bond donors (Lipinski definition) is 0. The maximum absolute atomic E-state index is 12.3. The normalized spacial score (nSPS) is 11.7. The second kappa shape index (κ2) is 6.69. The largest absolute Gasteiger partial charge is 0.495 e. The van der Waals surface area contributed by atoms with Crippen LogP contribution in [0.15, 0.2) is 51.8 Å². The summed E-state index contributed by atoms with van der Waals surface area (Å²) >= 11 is 3.35. The van der Waals surface area contributed by atoms with Crippen LogP contribution in [-0.4, -0.2) is 11.3 Å². The minimum absolute atomic E-state index is 0.375. The molecule has 0 amide bonds. The van der Waals surface area contributed by atoms with Crippen LogP contribution >= 0.6 is 15.9 Å². The fraction of sp³-hybridized carbons (Fsp3) is 0.133. The molecule has 0 spiro atoms. The number of ether oxygens (including phenoxy) is 1. The minimum atomic E-state index is -1.13. The predicted molar refractivity (Wildman–Crippen MR) is 82.0 cm³/mol. The summed E-state index contributed by atoms with van der Waals surface area (Å²) in [5.74, 6) is 0.908. The lowest BCUT2D eigenvalue weighted by atomic mass is 10.1. The quantitative estimate of drug-likeness (QED) is 0.846. The van der Waals surface area contributed by atoms with E-state index in [9.17, 15) is 4.21 Å². The van der Waals surface area contributed by atoms with E-state index in [4.69, 9.17) is 10.00 Å². The molecule has 0 aliphatic carbocycles.